The van der Waals surface area contributed by atoms with E-state index in [0.717, 1.165) is 27.5 Å². The van der Waals surface area contributed by atoms with E-state index in [1.54, 1.807) is 0 Å². The van der Waals surface area contributed by atoms with Gasteiger partial charge < -0.3 is 0 Å². The third kappa shape index (κ3) is 4.61. The van der Waals surface area contributed by atoms with Crippen LogP contribution in [-0.4, -0.2) is 16.6 Å². The molecule has 0 radical (unpaired) electrons. The Labute approximate surface area is 151 Å². The van der Waals surface area contributed by atoms with Crippen molar-refractivity contribution < 1.29 is 4.79 Å². The van der Waals surface area contributed by atoms with Gasteiger partial charge in [0.2, 0.25) is 5.91 Å². The SMILES string of the molecule is C/C(=N/NC(=O)Cc1nc(C)cs1)c1ccc(-c2ccccc2)cc1. The van der Waals surface area contributed by atoms with Crippen molar-refractivity contribution in [2.75, 3.05) is 0 Å². The average Bonchev–Trinajstić information content (AvgIpc) is 3.05. The highest BCUT2D eigenvalue weighted by atomic mass is 32.1. The van der Waals surface area contributed by atoms with Crippen LogP contribution in [0.1, 0.15) is 23.2 Å². The second-order valence-corrected chi connectivity index (χ2v) is 6.68. The van der Waals surface area contributed by atoms with Gasteiger partial charge in [0.1, 0.15) is 5.01 Å². The second kappa shape index (κ2) is 7.85. The molecule has 0 aliphatic carbocycles. The summed E-state index contributed by atoms with van der Waals surface area (Å²) in [6, 6.07) is 18.4. The number of nitrogens with zero attached hydrogens (tertiary/aromatic N) is 2. The lowest BCUT2D eigenvalue weighted by Gasteiger charge is -2.05. The molecule has 1 N–H and O–H groups in total. The summed E-state index contributed by atoms with van der Waals surface area (Å²) in [6.45, 7) is 3.80. The van der Waals surface area contributed by atoms with Gasteiger partial charge in [-0.25, -0.2) is 10.4 Å². The molecule has 0 bridgehead atoms. The van der Waals surface area contributed by atoms with Crippen LogP contribution in [0.4, 0.5) is 0 Å². The zero-order chi connectivity index (χ0) is 17.6. The van der Waals surface area contributed by atoms with Crippen LogP contribution in [0.5, 0.6) is 0 Å². The van der Waals surface area contributed by atoms with Crippen LogP contribution in [0.25, 0.3) is 11.1 Å². The first-order chi connectivity index (χ1) is 12.1. The number of benzene rings is 2. The molecular formula is C20H19N3OS. The maximum Gasteiger partial charge on any atom is 0.246 e. The van der Waals surface area contributed by atoms with Gasteiger partial charge in [0, 0.05) is 11.1 Å². The number of rotatable bonds is 5. The molecule has 3 rings (SSSR count). The number of amides is 1. The van der Waals surface area contributed by atoms with Crippen LogP contribution in [0, 0.1) is 6.92 Å². The number of hydrogen-bond donors (Lipinski definition) is 1. The monoisotopic (exact) mass is 349 g/mol. The van der Waals surface area contributed by atoms with Crippen molar-refractivity contribution >= 4 is 23.0 Å². The summed E-state index contributed by atoms with van der Waals surface area (Å²) in [4.78, 5) is 16.2. The molecule has 0 atom stereocenters. The first-order valence-electron chi connectivity index (χ1n) is 8.02. The van der Waals surface area contributed by atoms with Gasteiger partial charge in [-0.1, -0.05) is 54.6 Å². The van der Waals surface area contributed by atoms with E-state index in [4.69, 9.17) is 0 Å². The second-order valence-electron chi connectivity index (χ2n) is 5.73. The number of carbonyl (C=O) groups is 1. The Morgan fingerprint density at radius 2 is 1.76 bits per heavy atom. The van der Waals surface area contributed by atoms with Crippen LogP contribution < -0.4 is 5.43 Å². The minimum atomic E-state index is -0.158. The summed E-state index contributed by atoms with van der Waals surface area (Å²) in [5, 5.41) is 6.93. The van der Waals surface area contributed by atoms with Crippen molar-refractivity contribution in [1.29, 1.82) is 0 Å². The lowest BCUT2D eigenvalue weighted by Crippen LogP contribution is -2.21. The molecule has 126 valence electrons. The van der Waals surface area contributed by atoms with Gasteiger partial charge in [-0.3, -0.25) is 4.79 Å². The van der Waals surface area contributed by atoms with Crippen molar-refractivity contribution in [1.82, 2.24) is 10.4 Å². The van der Waals surface area contributed by atoms with Gasteiger partial charge in [-0.05, 0) is 30.5 Å². The summed E-state index contributed by atoms with van der Waals surface area (Å²) < 4.78 is 0. The van der Waals surface area contributed by atoms with Crippen molar-refractivity contribution in [3.05, 3.63) is 76.2 Å². The Balaban J connectivity index is 1.63. The Kier molecular flexibility index (Phi) is 5.36. The highest BCUT2D eigenvalue weighted by Crippen LogP contribution is 2.19. The molecule has 0 aliphatic rings. The van der Waals surface area contributed by atoms with Gasteiger partial charge in [-0.2, -0.15) is 5.10 Å². The van der Waals surface area contributed by atoms with E-state index in [2.05, 4.69) is 39.8 Å². The smallest absolute Gasteiger partial charge is 0.246 e. The Morgan fingerprint density at radius 1 is 1.08 bits per heavy atom. The van der Waals surface area contributed by atoms with Crippen LogP contribution in [0.15, 0.2) is 65.1 Å². The van der Waals surface area contributed by atoms with Crippen molar-refractivity contribution in [2.24, 2.45) is 5.10 Å². The van der Waals surface area contributed by atoms with Crippen molar-refractivity contribution in [2.45, 2.75) is 20.3 Å². The van der Waals surface area contributed by atoms with Crippen LogP contribution in [0.3, 0.4) is 0 Å². The predicted octanol–water partition coefficient (Wildman–Crippen LogP) is 4.20. The maximum atomic E-state index is 11.9. The number of hydrogen-bond acceptors (Lipinski definition) is 4. The topological polar surface area (TPSA) is 54.4 Å². The molecule has 4 nitrogen and oxygen atoms in total. The average molecular weight is 349 g/mol. The van der Waals surface area contributed by atoms with E-state index >= 15 is 0 Å². The zero-order valence-corrected chi connectivity index (χ0v) is 15.0. The molecule has 0 unspecified atom stereocenters. The Hall–Kier alpha value is -2.79. The van der Waals surface area contributed by atoms with Crippen molar-refractivity contribution in [3.63, 3.8) is 0 Å². The standard InChI is InChI=1S/C20H19N3OS/c1-14-13-25-20(21-14)12-19(24)23-22-15(2)16-8-10-18(11-9-16)17-6-4-3-5-7-17/h3-11,13H,12H2,1-2H3,(H,23,24)/b22-15-. The van der Waals surface area contributed by atoms with Gasteiger partial charge >= 0.3 is 0 Å². The van der Waals surface area contributed by atoms with Gasteiger partial charge in [-0.15, -0.1) is 11.3 Å². The van der Waals surface area contributed by atoms with Gasteiger partial charge in [0.25, 0.3) is 0 Å². The van der Waals surface area contributed by atoms with Gasteiger partial charge in [0.15, 0.2) is 0 Å². The van der Waals surface area contributed by atoms with E-state index in [1.807, 2.05) is 49.6 Å². The number of carbonyl (C=O) groups excluding carboxylic acids is 1. The van der Waals surface area contributed by atoms with Crippen LogP contribution in [-0.2, 0) is 11.2 Å². The van der Waals surface area contributed by atoms with Gasteiger partial charge in [0.05, 0.1) is 12.1 Å². The Bertz CT molecular complexity index is 883. The quantitative estimate of drug-likeness (QED) is 0.554. The molecular weight excluding hydrogens is 330 g/mol. The molecule has 0 fully saturated rings. The normalized spacial score (nSPS) is 11.4. The van der Waals surface area contributed by atoms with E-state index < -0.39 is 0 Å². The summed E-state index contributed by atoms with van der Waals surface area (Å²) in [5.74, 6) is -0.158. The zero-order valence-electron chi connectivity index (χ0n) is 14.2. The fourth-order valence-electron chi connectivity index (χ4n) is 2.41. The maximum absolute atomic E-state index is 11.9. The molecule has 0 saturated heterocycles. The molecule has 1 heterocycles. The number of nitrogens with one attached hydrogen (secondary N) is 1. The fraction of sp³-hybridized carbons (Fsp3) is 0.150. The largest absolute Gasteiger partial charge is 0.273 e. The van der Waals surface area contributed by atoms with E-state index in [0.29, 0.717) is 0 Å². The van der Waals surface area contributed by atoms with E-state index in [9.17, 15) is 4.79 Å². The first kappa shape index (κ1) is 17.0. The fourth-order valence-corrected chi connectivity index (χ4v) is 3.18. The first-order valence-corrected chi connectivity index (χ1v) is 8.90. The molecule has 0 saturated carbocycles. The molecule has 1 amide bonds. The highest BCUT2D eigenvalue weighted by molar-refractivity contribution is 7.09. The number of hydrazone groups is 1. The van der Waals surface area contributed by atoms with E-state index in [1.165, 1.54) is 16.9 Å². The van der Waals surface area contributed by atoms with Crippen LogP contribution in [0.2, 0.25) is 0 Å². The lowest BCUT2D eigenvalue weighted by atomic mass is 10.0. The number of aryl methyl sites for hydroxylation is 1. The molecule has 25 heavy (non-hydrogen) atoms. The molecule has 0 aliphatic heterocycles. The summed E-state index contributed by atoms with van der Waals surface area (Å²) in [7, 11) is 0. The van der Waals surface area contributed by atoms with E-state index in [-0.39, 0.29) is 12.3 Å². The molecule has 5 heteroatoms. The predicted molar refractivity (Wildman–Crippen MR) is 103 cm³/mol. The molecule has 1 aromatic heterocycles. The highest BCUT2D eigenvalue weighted by Gasteiger charge is 2.06. The summed E-state index contributed by atoms with van der Waals surface area (Å²) in [6.07, 6.45) is 0.252. The van der Waals surface area contributed by atoms with Crippen molar-refractivity contribution in [3.8, 4) is 11.1 Å². The van der Waals surface area contributed by atoms with Crippen LogP contribution >= 0.6 is 11.3 Å². The minimum Gasteiger partial charge on any atom is -0.273 e. The Morgan fingerprint density at radius 3 is 2.40 bits per heavy atom. The number of aromatic nitrogens is 1. The molecule has 2 aromatic carbocycles. The number of thiazole rings is 1. The molecule has 3 aromatic rings. The third-order valence-electron chi connectivity index (χ3n) is 3.74. The summed E-state index contributed by atoms with van der Waals surface area (Å²) >= 11 is 1.49. The summed E-state index contributed by atoms with van der Waals surface area (Å²) in [5.41, 5.74) is 7.61. The molecule has 0 spiro atoms. The lowest BCUT2D eigenvalue weighted by molar-refractivity contribution is -0.120. The third-order valence-corrected chi connectivity index (χ3v) is 4.70. The minimum absolute atomic E-state index is 0.158.